The first-order chi connectivity index (χ1) is 8.34. The molecule has 2 heteroatoms. The van der Waals surface area contributed by atoms with Gasteiger partial charge in [-0.2, -0.15) is 0 Å². The summed E-state index contributed by atoms with van der Waals surface area (Å²) in [4.78, 5) is 11.5. The van der Waals surface area contributed by atoms with E-state index in [9.17, 15) is 4.79 Å². The van der Waals surface area contributed by atoms with Gasteiger partial charge in [0.25, 0.3) is 0 Å². The van der Waals surface area contributed by atoms with Crippen molar-refractivity contribution in [2.75, 3.05) is 6.61 Å². The first-order valence-electron chi connectivity index (χ1n) is 5.95. The van der Waals surface area contributed by atoms with E-state index in [0.29, 0.717) is 12.5 Å². The molecule has 86 valence electrons. The lowest BCUT2D eigenvalue weighted by Crippen LogP contribution is -2.27. The number of hydrogen-bond acceptors (Lipinski definition) is 2. The van der Waals surface area contributed by atoms with E-state index in [2.05, 4.69) is 12.1 Å². The molecule has 2 aliphatic carbocycles. The van der Waals surface area contributed by atoms with E-state index in [4.69, 9.17) is 4.74 Å². The summed E-state index contributed by atoms with van der Waals surface area (Å²) < 4.78 is 5.67. The van der Waals surface area contributed by atoms with Crippen molar-refractivity contribution in [1.82, 2.24) is 0 Å². The Bertz CT molecular complexity index is 485. The van der Waals surface area contributed by atoms with Crippen LogP contribution in [0.15, 0.2) is 54.3 Å². The molecule has 1 aromatic rings. The Kier molecular flexibility index (Phi) is 2.56. The molecule has 0 unspecified atom stereocenters. The summed E-state index contributed by atoms with van der Waals surface area (Å²) in [5.41, 5.74) is 1.26. The minimum Gasteiger partial charge on any atom is -0.497 e. The average molecular weight is 226 g/mol. The third kappa shape index (κ3) is 1.91. The van der Waals surface area contributed by atoms with Crippen LogP contribution in [0.1, 0.15) is 5.56 Å². The van der Waals surface area contributed by atoms with E-state index in [-0.39, 0.29) is 11.7 Å². The van der Waals surface area contributed by atoms with Gasteiger partial charge in [-0.15, -0.1) is 0 Å². The fraction of sp³-hybridized carbons (Fsp3) is 0.267. The first-order valence-corrected chi connectivity index (χ1v) is 5.95. The van der Waals surface area contributed by atoms with Crippen molar-refractivity contribution in [3.8, 4) is 0 Å². The van der Waals surface area contributed by atoms with Gasteiger partial charge in [-0.3, -0.25) is 4.79 Å². The normalized spacial score (nSPS) is 25.2. The highest BCUT2D eigenvalue weighted by molar-refractivity contribution is 5.98. The molecule has 0 saturated heterocycles. The topological polar surface area (TPSA) is 26.3 Å². The van der Waals surface area contributed by atoms with Crippen LogP contribution in [0, 0.1) is 11.8 Å². The number of carbonyl (C=O) groups is 1. The number of hydrogen-bond donors (Lipinski definition) is 0. The molecule has 3 rings (SSSR count). The average Bonchev–Trinajstić information content (AvgIpc) is 2.61. The molecule has 2 atom stereocenters. The summed E-state index contributed by atoms with van der Waals surface area (Å²) in [6, 6.07) is 10.2. The molecule has 2 nitrogen and oxygen atoms in total. The van der Waals surface area contributed by atoms with E-state index in [1.54, 1.807) is 6.08 Å². The maximum atomic E-state index is 11.5. The zero-order valence-electron chi connectivity index (χ0n) is 9.50. The quantitative estimate of drug-likeness (QED) is 0.788. The molecule has 0 aromatic heterocycles. The standard InChI is InChI=1S/C15H14O2/c16-13-7-6-12-10-14(15(12)13)17-9-8-11-4-2-1-3-5-11/h1-7,10,12,15H,8-9H2/t12-,15+/m0/s1. The molecule has 0 N–H and O–H groups in total. The zero-order chi connectivity index (χ0) is 11.7. The van der Waals surface area contributed by atoms with Crippen molar-refractivity contribution < 1.29 is 9.53 Å². The second-order valence-electron chi connectivity index (χ2n) is 4.47. The molecule has 0 saturated carbocycles. The summed E-state index contributed by atoms with van der Waals surface area (Å²) >= 11 is 0. The van der Waals surface area contributed by atoms with Crippen LogP contribution in [0.25, 0.3) is 0 Å². The van der Waals surface area contributed by atoms with Gasteiger partial charge >= 0.3 is 0 Å². The Morgan fingerprint density at radius 3 is 2.76 bits per heavy atom. The van der Waals surface area contributed by atoms with Crippen molar-refractivity contribution in [2.24, 2.45) is 11.8 Å². The van der Waals surface area contributed by atoms with Crippen LogP contribution in [0.4, 0.5) is 0 Å². The maximum absolute atomic E-state index is 11.5. The van der Waals surface area contributed by atoms with Crippen molar-refractivity contribution in [3.05, 3.63) is 59.9 Å². The van der Waals surface area contributed by atoms with Crippen LogP contribution in [0.2, 0.25) is 0 Å². The van der Waals surface area contributed by atoms with Gasteiger partial charge in [0, 0.05) is 12.3 Å². The summed E-state index contributed by atoms with van der Waals surface area (Å²) in [6.45, 7) is 0.645. The molecule has 0 fully saturated rings. The lowest BCUT2D eigenvalue weighted by atomic mass is 9.82. The number of benzene rings is 1. The third-order valence-electron chi connectivity index (χ3n) is 3.34. The predicted octanol–water partition coefficient (Wildman–Crippen LogP) is 2.51. The monoisotopic (exact) mass is 226 g/mol. The highest BCUT2D eigenvalue weighted by atomic mass is 16.5. The van der Waals surface area contributed by atoms with Gasteiger partial charge in [-0.05, 0) is 17.7 Å². The summed E-state index contributed by atoms with van der Waals surface area (Å²) in [5.74, 6) is 1.34. The summed E-state index contributed by atoms with van der Waals surface area (Å²) in [7, 11) is 0. The van der Waals surface area contributed by atoms with Gasteiger partial charge in [0.05, 0.1) is 12.5 Å². The number of rotatable bonds is 4. The van der Waals surface area contributed by atoms with Gasteiger partial charge in [0.15, 0.2) is 5.78 Å². The minimum atomic E-state index is -0.00854. The molecule has 17 heavy (non-hydrogen) atoms. The SMILES string of the molecule is O=C1C=C[C@H]2C=C(OCCc3ccccc3)[C@@H]12. The molecule has 1 aromatic carbocycles. The first kappa shape index (κ1) is 10.3. The highest BCUT2D eigenvalue weighted by Crippen LogP contribution is 2.40. The summed E-state index contributed by atoms with van der Waals surface area (Å²) in [6.07, 6.45) is 6.55. The predicted molar refractivity (Wildman–Crippen MR) is 65.3 cm³/mol. The largest absolute Gasteiger partial charge is 0.497 e. The van der Waals surface area contributed by atoms with Crippen LogP contribution < -0.4 is 0 Å². The van der Waals surface area contributed by atoms with Crippen LogP contribution in [0.3, 0.4) is 0 Å². The fourth-order valence-electron chi connectivity index (χ4n) is 2.34. The minimum absolute atomic E-state index is 0.00854. The van der Waals surface area contributed by atoms with E-state index >= 15 is 0 Å². The lowest BCUT2D eigenvalue weighted by molar-refractivity contribution is -0.118. The van der Waals surface area contributed by atoms with Gasteiger partial charge in [0.2, 0.25) is 0 Å². The Morgan fingerprint density at radius 1 is 1.18 bits per heavy atom. The van der Waals surface area contributed by atoms with Gasteiger partial charge in [-0.1, -0.05) is 36.4 Å². The van der Waals surface area contributed by atoms with Crippen molar-refractivity contribution in [1.29, 1.82) is 0 Å². The van der Waals surface area contributed by atoms with E-state index in [0.717, 1.165) is 12.2 Å². The molecule has 0 bridgehead atoms. The lowest BCUT2D eigenvalue weighted by Gasteiger charge is -2.28. The van der Waals surface area contributed by atoms with Crippen LogP contribution >= 0.6 is 0 Å². The van der Waals surface area contributed by atoms with Crippen LogP contribution in [-0.2, 0) is 16.0 Å². The van der Waals surface area contributed by atoms with E-state index in [1.165, 1.54) is 5.56 Å². The zero-order valence-corrected chi connectivity index (χ0v) is 9.50. The van der Waals surface area contributed by atoms with Crippen molar-refractivity contribution in [2.45, 2.75) is 6.42 Å². The molecular weight excluding hydrogens is 212 g/mol. The number of carbonyl (C=O) groups excluding carboxylic acids is 1. The molecule has 0 radical (unpaired) electrons. The molecule has 0 heterocycles. The van der Waals surface area contributed by atoms with Gasteiger partial charge < -0.3 is 4.74 Å². The second-order valence-corrected chi connectivity index (χ2v) is 4.47. The van der Waals surface area contributed by atoms with E-state index in [1.807, 2.05) is 30.4 Å². The second kappa shape index (κ2) is 4.21. The molecule has 0 amide bonds. The van der Waals surface area contributed by atoms with Gasteiger partial charge in [0.1, 0.15) is 5.76 Å². The number of ether oxygens (including phenoxy) is 1. The molecule has 0 aliphatic heterocycles. The molecular formula is C15H14O2. The Morgan fingerprint density at radius 2 is 2.00 bits per heavy atom. The number of ketones is 1. The Hall–Kier alpha value is -1.83. The molecule has 0 spiro atoms. The highest BCUT2D eigenvalue weighted by Gasteiger charge is 2.40. The number of allylic oxidation sites excluding steroid dienone is 4. The van der Waals surface area contributed by atoms with Crippen molar-refractivity contribution >= 4 is 5.78 Å². The third-order valence-corrected chi connectivity index (χ3v) is 3.34. The number of fused-ring (bicyclic) bond motifs is 1. The smallest absolute Gasteiger partial charge is 0.166 e. The maximum Gasteiger partial charge on any atom is 0.166 e. The van der Waals surface area contributed by atoms with Gasteiger partial charge in [-0.25, -0.2) is 0 Å². The van der Waals surface area contributed by atoms with Crippen LogP contribution in [0.5, 0.6) is 0 Å². The summed E-state index contributed by atoms with van der Waals surface area (Å²) in [5, 5.41) is 0. The Balaban J connectivity index is 1.51. The van der Waals surface area contributed by atoms with Crippen molar-refractivity contribution in [3.63, 3.8) is 0 Å². The Labute approximate surface area is 101 Å². The van der Waals surface area contributed by atoms with Crippen LogP contribution in [-0.4, -0.2) is 12.4 Å². The molecule has 2 aliphatic rings. The van der Waals surface area contributed by atoms with E-state index < -0.39 is 0 Å². The fourth-order valence-corrected chi connectivity index (χ4v) is 2.34.